The van der Waals surface area contributed by atoms with Crippen LogP contribution in [0.5, 0.6) is 11.5 Å². The van der Waals surface area contributed by atoms with E-state index in [9.17, 15) is 0 Å². The second kappa shape index (κ2) is 6.47. The van der Waals surface area contributed by atoms with E-state index >= 15 is 0 Å². The lowest BCUT2D eigenvalue weighted by molar-refractivity contribution is 0.256. The van der Waals surface area contributed by atoms with Crippen LogP contribution < -0.4 is 15.2 Å². The molecule has 96 valence electrons. The molecule has 0 spiro atoms. The van der Waals surface area contributed by atoms with Gasteiger partial charge in [-0.25, -0.2) is 0 Å². The molecule has 0 bridgehead atoms. The number of rotatable bonds is 6. The molecule has 0 saturated heterocycles. The number of benzene rings is 1. The van der Waals surface area contributed by atoms with Gasteiger partial charge in [-0.15, -0.1) is 0 Å². The molecule has 4 nitrogen and oxygen atoms in total. The average Bonchev–Trinajstić information content (AvgIpc) is 2.39. The Morgan fingerprint density at radius 1 is 1.29 bits per heavy atom. The predicted octanol–water partition coefficient (Wildman–Crippen LogP) is 1.66. The molecule has 17 heavy (non-hydrogen) atoms. The predicted molar refractivity (Wildman–Crippen MR) is 69.6 cm³/mol. The van der Waals surface area contributed by atoms with Crippen molar-refractivity contribution in [3.63, 3.8) is 0 Å². The Kier molecular flexibility index (Phi) is 5.25. The molecule has 1 atom stereocenters. The van der Waals surface area contributed by atoms with E-state index in [-0.39, 0.29) is 6.04 Å². The number of hydrogen-bond donors (Lipinski definition) is 1. The minimum atomic E-state index is 0.167. The molecular formula is C13H22N2O2. The van der Waals surface area contributed by atoms with Crippen LogP contribution in [0.15, 0.2) is 18.2 Å². The van der Waals surface area contributed by atoms with Crippen LogP contribution in [0.25, 0.3) is 0 Å². The van der Waals surface area contributed by atoms with Gasteiger partial charge in [0.25, 0.3) is 0 Å². The summed E-state index contributed by atoms with van der Waals surface area (Å²) < 4.78 is 10.6. The lowest BCUT2D eigenvalue weighted by Crippen LogP contribution is -2.30. The summed E-state index contributed by atoms with van der Waals surface area (Å²) in [5.41, 5.74) is 6.94. The molecule has 0 aliphatic carbocycles. The Morgan fingerprint density at radius 2 is 2.00 bits per heavy atom. The van der Waals surface area contributed by atoms with Crippen LogP contribution in [0.1, 0.15) is 18.5 Å². The topological polar surface area (TPSA) is 47.7 Å². The zero-order valence-electron chi connectivity index (χ0n) is 11.1. The molecule has 0 heterocycles. The first-order valence-electron chi connectivity index (χ1n) is 5.80. The normalized spacial score (nSPS) is 12.6. The van der Waals surface area contributed by atoms with E-state index in [1.54, 1.807) is 14.2 Å². The average molecular weight is 238 g/mol. The molecule has 1 aromatic carbocycles. The fourth-order valence-corrected chi connectivity index (χ4v) is 1.86. The van der Waals surface area contributed by atoms with Gasteiger partial charge in [-0.05, 0) is 19.7 Å². The summed E-state index contributed by atoms with van der Waals surface area (Å²) in [6.07, 6.45) is 0. The number of likely N-dealkylation sites (N-methyl/N-ethyl adjacent to an activating group) is 1. The third-order valence-electron chi connectivity index (χ3n) is 3.05. The fourth-order valence-electron chi connectivity index (χ4n) is 1.86. The minimum Gasteiger partial charge on any atom is -0.497 e. The lowest BCUT2D eigenvalue weighted by Gasteiger charge is -2.27. The van der Waals surface area contributed by atoms with Gasteiger partial charge in [-0.2, -0.15) is 0 Å². The van der Waals surface area contributed by atoms with Crippen LogP contribution in [0.3, 0.4) is 0 Å². The van der Waals surface area contributed by atoms with E-state index in [2.05, 4.69) is 18.9 Å². The molecule has 1 aromatic rings. The summed E-state index contributed by atoms with van der Waals surface area (Å²) in [6.45, 7) is 3.61. The molecule has 2 N–H and O–H groups in total. The van der Waals surface area contributed by atoms with Crippen molar-refractivity contribution in [2.75, 3.05) is 34.4 Å². The highest BCUT2D eigenvalue weighted by Crippen LogP contribution is 2.31. The number of nitrogens with zero attached hydrogens (tertiary/aromatic N) is 1. The maximum absolute atomic E-state index is 5.85. The van der Waals surface area contributed by atoms with Crippen LogP contribution in [0, 0.1) is 0 Å². The first-order valence-corrected chi connectivity index (χ1v) is 5.80. The SMILES string of the molecule is CCN(C)C(CN)c1ccc(OC)cc1OC. The minimum absolute atomic E-state index is 0.167. The summed E-state index contributed by atoms with van der Waals surface area (Å²) >= 11 is 0. The van der Waals surface area contributed by atoms with E-state index in [4.69, 9.17) is 15.2 Å². The van der Waals surface area contributed by atoms with E-state index in [1.807, 2.05) is 18.2 Å². The Balaban J connectivity index is 3.10. The molecule has 0 saturated carbocycles. The summed E-state index contributed by atoms with van der Waals surface area (Å²) in [6, 6.07) is 6.01. The van der Waals surface area contributed by atoms with Gasteiger partial charge in [-0.3, -0.25) is 4.90 Å². The molecular weight excluding hydrogens is 216 g/mol. The first kappa shape index (κ1) is 13.8. The van der Waals surface area contributed by atoms with Crippen LogP contribution in [-0.2, 0) is 0 Å². The zero-order valence-corrected chi connectivity index (χ0v) is 11.1. The summed E-state index contributed by atoms with van der Waals surface area (Å²) in [5, 5.41) is 0. The van der Waals surface area contributed by atoms with Crippen molar-refractivity contribution >= 4 is 0 Å². The first-order chi connectivity index (χ1) is 8.17. The highest BCUT2D eigenvalue weighted by atomic mass is 16.5. The summed E-state index contributed by atoms with van der Waals surface area (Å²) in [7, 11) is 5.37. The molecule has 1 unspecified atom stereocenters. The quantitative estimate of drug-likeness (QED) is 0.818. The maximum Gasteiger partial charge on any atom is 0.127 e. The van der Waals surface area contributed by atoms with Crippen molar-refractivity contribution in [1.82, 2.24) is 4.90 Å². The van der Waals surface area contributed by atoms with Crippen molar-refractivity contribution in [2.24, 2.45) is 5.73 Å². The van der Waals surface area contributed by atoms with Gasteiger partial charge in [0.1, 0.15) is 11.5 Å². The van der Waals surface area contributed by atoms with E-state index < -0.39 is 0 Å². The zero-order chi connectivity index (χ0) is 12.8. The molecule has 0 radical (unpaired) electrons. The van der Waals surface area contributed by atoms with Crippen molar-refractivity contribution in [3.05, 3.63) is 23.8 Å². The summed E-state index contributed by atoms with van der Waals surface area (Å²) in [5.74, 6) is 1.61. The molecule has 0 fully saturated rings. The number of nitrogens with two attached hydrogens (primary N) is 1. The van der Waals surface area contributed by atoms with Gasteiger partial charge in [0, 0.05) is 18.2 Å². The molecule has 4 heteroatoms. The second-order valence-electron chi connectivity index (χ2n) is 3.93. The Bertz CT molecular complexity index is 355. The molecule has 1 rings (SSSR count). The molecule has 0 amide bonds. The molecule has 0 aliphatic heterocycles. The van der Waals surface area contributed by atoms with Crippen molar-refractivity contribution in [2.45, 2.75) is 13.0 Å². The standard InChI is InChI=1S/C13H22N2O2/c1-5-15(2)12(9-14)11-7-6-10(16-3)8-13(11)17-4/h6-8,12H,5,9,14H2,1-4H3. The molecule has 0 aromatic heterocycles. The van der Waals surface area contributed by atoms with Gasteiger partial charge in [-0.1, -0.05) is 13.0 Å². The van der Waals surface area contributed by atoms with E-state index in [1.165, 1.54) is 0 Å². The lowest BCUT2D eigenvalue weighted by atomic mass is 10.0. The van der Waals surface area contributed by atoms with Gasteiger partial charge in [0.2, 0.25) is 0 Å². The third-order valence-corrected chi connectivity index (χ3v) is 3.05. The van der Waals surface area contributed by atoms with Gasteiger partial charge in [0.15, 0.2) is 0 Å². The van der Waals surface area contributed by atoms with Gasteiger partial charge in [0.05, 0.1) is 20.3 Å². The van der Waals surface area contributed by atoms with Crippen molar-refractivity contribution in [3.8, 4) is 11.5 Å². The van der Waals surface area contributed by atoms with Crippen LogP contribution in [0.2, 0.25) is 0 Å². The second-order valence-corrected chi connectivity index (χ2v) is 3.93. The highest BCUT2D eigenvalue weighted by Gasteiger charge is 2.18. The summed E-state index contributed by atoms with van der Waals surface area (Å²) in [4.78, 5) is 2.20. The van der Waals surface area contributed by atoms with Gasteiger partial charge >= 0.3 is 0 Å². The van der Waals surface area contributed by atoms with Crippen LogP contribution in [0.4, 0.5) is 0 Å². The van der Waals surface area contributed by atoms with Crippen molar-refractivity contribution < 1.29 is 9.47 Å². The smallest absolute Gasteiger partial charge is 0.127 e. The largest absolute Gasteiger partial charge is 0.497 e. The van der Waals surface area contributed by atoms with Crippen LogP contribution in [-0.4, -0.2) is 39.3 Å². The fraction of sp³-hybridized carbons (Fsp3) is 0.538. The maximum atomic E-state index is 5.85. The van der Waals surface area contributed by atoms with E-state index in [0.29, 0.717) is 6.54 Å². The Morgan fingerprint density at radius 3 is 2.47 bits per heavy atom. The third kappa shape index (κ3) is 3.11. The number of ether oxygens (including phenoxy) is 2. The Labute approximate surface area is 103 Å². The van der Waals surface area contributed by atoms with Gasteiger partial charge < -0.3 is 15.2 Å². The van der Waals surface area contributed by atoms with Crippen molar-refractivity contribution in [1.29, 1.82) is 0 Å². The Hall–Kier alpha value is -1.26. The highest BCUT2D eigenvalue weighted by molar-refractivity contribution is 5.42. The molecule has 0 aliphatic rings. The monoisotopic (exact) mass is 238 g/mol. The van der Waals surface area contributed by atoms with Crippen LogP contribution >= 0.6 is 0 Å². The number of hydrogen-bond acceptors (Lipinski definition) is 4. The number of methoxy groups -OCH3 is 2. The van der Waals surface area contributed by atoms with E-state index in [0.717, 1.165) is 23.6 Å².